The second-order valence-electron chi connectivity index (χ2n) is 5.57. The van der Waals surface area contributed by atoms with Crippen molar-refractivity contribution in [3.05, 3.63) is 17.0 Å². The van der Waals surface area contributed by atoms with Gasteiger partial charge in [0, 0.05) is 19.2 Å². The van der Waals surface area contributed by atoms with Gasteiger partial charge in [-0.15, -0.1) is 0 Å². The van der Waals surface area contributed by atoms with Crippen LogP contribution in [0.5, 0.6) is 0 Å². The highest BCUT2D eigenvalue weighted by Gasteiger charge is 2.34. The molecule has 0 saturated heterocycles. The third kappa shape index (κ3) is 3.99. The molecule has 1 fully saturated rings. The Bertz CT molecular complexity index is 485. The van der Waals surface area contributed by atoms with E-state index in [1.807, 2.05) is 0 Å². The summed E-state index contributed by atoms with van der Waals surface area (Å²) in [6.45, 7) is 2.18. The molecule has 118 valence electrons. The van der Waals surface area contributed by atoms with Crippen LogP contribution < -0.4 is 4.90 Å². The van der Waals surface area contributed by atoms with Gasteiger partial charge in [0.15, 0.2) is 5.69 Å². The molecule has 2 rings (SSSR count). The molecule has 0 amide bonds. The van der Waals surface area contributed by atoms with Crippen molar-refractivity contribution in [1.29, 1.82) is 0 Å². The van der Waals surface area contributed by atoms with Gasteiger partial charge in [0.25, 0.3) is 0 Å². The minimum atomic E-state index is -4.51. The van der Waals surface area contributed by atoms with Crippen LogP contribution >= 0.6 is 11.6 Å². The lowest BCUT2D eigenvalue weighted by Crippen LogP contribution is -2.36. The number of aromatic nitrogens is 2. The zero-order valence-corrected chi connectivity index (χ0v) is 12.9. The van der Waals surface area contributed by atoms with Gasteiger partial charge in [-0.1, -0.05) is 13.3 Å². The average Bonchev–Trinajstić information content (AvgIpc) is 2.45. The predicted molar refractivity (Wildman–Crippen MR) is 76.5 cm³/mol. The standard InChI is InChI=1S/C14H19ClF3N3/c1-3-9-4-6-10(7-5-9)21(2)12-8-11(14(16,17)18)19-13(15)20-12/h8-10H,3-7H2,1-2H3. The zero-order valence-electron chi connectivity index (χ0n) is 12.1. The Morgan fingerprint density at radius 2 is 1.86 bits per heavy atom. The number of hydrogen-bond acceptors (Lipinski definition) is 3. The molecule has 0 N–H and O–H groups in total. The average molecular weight is 322 g/mol. The first kappa shape index (κ1) is 16.3. The summed E-state index contributed by atoms with van der Waals surface area (Å²) in [4.78, 5) is 9.00. The highest BCUT2D eigenvalue weighted by Crippen LogP contribution is 2.33. The van der Waals surface area contributed by atoms with Crippen LogP contribution in [0.2, 0.25) is 5.28 Å². The Balaban J connectivity index is 2.16. The first-order valence-electron chi connectivity index (χ1n) is 7.16. The lowest BCUT2D eigenvalue weighted by atomic mass is 9.84. The first-order chi connectivity index (χ1) is 9.81. The monoisotopic (exact) mass is 321 g/mol. The normalized spacial score (nSPS) is 23.1. The molecule has 1 aliphatic carbocycles. The van der Waals surface area contributed by atoms with Crippen LogP contribution in [0.15, 0.2) is 6.07 Å². The Morgan fingerprint density at radius 1 is 1.24 bits per heavy atom. The molecule has 0 bridgehead atoms. The van der Waals surface area contributed by atoms with Crippen LogP contribution in [-0.2, 0) is 6.18 Å². The molecular formula is C14H19ClF3N3. The Labute approximate surface area is 127 Å². The molecule has 1 aromatic rings. The van der Waals surface area contributed by atoms with E-state index in [-0.39, 0.29) is 17.1 Å². The summed E-state index contributed by atoms with van der Waals surface area (Å²) >= 11 is 5.64. The van der Waals surface area contributed by atoms with Crippen molar-refractivity contribution in [3.8, 4) is 0 Å². The molecule has 21 heavy (non-hydrogen) atoms. The van der Waals surface area contributed by atoms with E-state index >= 15 is 0 Å². The number of nitrogens with zero attached hydrogens (tertiary/aromatic N) is 3. The largest absolute Gasteiger partial charge is 0.433 e. The highest BCUT2D eigenvalue weighted by molar-refractivity contribution is 6.28. The van der Waals surface area contributed by atoms with Crippen molar-refractivity contribution in [3.63, 3.8) is 0 Å². The molecule has 0 atom stereocenters. The molecule has 1 heterocycles. The molecule has 7 heteroatoms. The fourth-order valence-corrected chi connectivity index (χ4v) is 3.04. The van der Waals surface area contributed by atoms with E-state index in [0.717, 1.165) is 44.1 Å². The smallest absolute Gasteiger partial charge is 0.357 e. The molecule has 0 spiro atoms. The van der Waals surface area contributed by atoms with Crippen LogP contribution in [0.25, 0.3) is 0 Å². The van der Waals surface area contributed by atoms with Crippen molar-refractivity contribution in [1.82, 2.24) is 9.97 Å². The van der Waals surface area contributed by atoms with E-state index in [4.69, 9.17) is 11.6 Å². The van der Waals surface area contributed by atoms with E-state index in [9.17, 15) is 13.2 Å². The van der Waals surface area contributed by atoms with Gasteiger partial charge in [-0.05, 0) is 43.2 Å². The van der Waals surface area contributed by atoms with Gasteiger partial charge < -0.3 is 4.90 Å². The van der Waals surface area contributed by atoms with E-state index in [1.54, 1.807) is 11.9 Å². The SMILES string of the molecule is CCC1CCC(N(C)c2cc(C(F)(F)F)nc(Cl)n2)CC1. The molecule has 1 aliphatic rings. The molecule has 0 radical (unpaired) electrons. The maximum absolute atomic E-state index is 12.8. The minimum Gasteiger partial charge on any atom is -0.357 e. The fourth-order valence-electron chi connectivity index (χ4n) is 2.86. The lowest BCUT2D eigenvalue weighted by molar-refractivity contribution is -0.141. The van der Waals surface area contributed by atoms with Gasteiger partial charge in [-0.2, -0.15) is 13.2 Å². The molecule has 1 saturated carbocycles. The van der Waals surface area contributed by atoms with E-state index in [1.165, 1.54) is 0 Å². The van der Waals surface area contributed by atoms with Gasteiger partial charge in [0.2, 0.25) is 5.28 Å². The summed E-state index contributed by atoms with van der Waals surface area (Å²) in [6, 6.07) is 1.18. The summed E-state index contributed by atoms with van der Waals surface area (Å²) in [5.74, 6) is 0.969. The second kappa shape index (κ2) is 6.38. The van der Waals surface area contributed by atoms with Crippen molar-refractivity contribution < 1.29 is 13.2 Å². The molecule has 3 nitrogen and oxygen atoms in total. The molecule has 0 aliphatic heterocycles. The van der Waals surface area contributed by atoms with Gasteiger partial charge in [0.05, 0.1) is 0 Å². The van der Waals surface area contributed by atoms with Crippen LogP contribution in [0.1, 0.15) is 44.7 Å². The summed E-state index contributed by atoms with van der Waals surface area (Å²) in [5, 5.41) is -0.367. The topological polar surface area (TPSA) is 29.0 Å². The van der Waals surface area contributed by atoms with Crippen molar-refractivity contribution in [2.75, 3.05) is 11.9 Å². The number of rotatable bonds is 3. The summed E-state index contributed by atoms with van der Waals surface area (Å²) in [5.41, 5.74) is -0.994. The fraction of sp³-hybridized carbons (Fsp3) is 0.714. The maximum atomic E-state index is 12.8. The third-order valence-corrected chi connectivity index (χ3v) is 4.45. The quantitative estimate of drug-likeness (QED) is 0.765. The molecule has 0 aromatic carbocycles. The Kier molecular flexibility index (Phi) is 4.96. The molecule has 1 aromatic heterocycles. The van der Waals surface area contributed by atoms with Gasteiger partial charge in [-0.25, -0.2) is 9.97 Å². The maximum Gasteiger partial charge on any atom is 0.433 e. The van der Waals surface area contributed by atoms with Crippen molar-refractivity contribution in [2.24, 2.45) is 5.92 Å². The van der Waals surface area contributed by atoms with Crippen LogP contribution in [0.3, 0.4) is 0 Å². The number of halogens is 4. The lowest BCUT2D eigenvalue weighted by Gasteiger charge is -2.35. The van der Waals surface area contributed by atoms with E-state index < -0.39 is 11.9 Å². The number of anilines is 1. The Morgan fingerprint density at radius 3 is 2.38 bits per heavy atom. The van der Waals surface area contributed by atoms with Crippen LogP contribution in [0, 0.1) is 5.92 Å². The zero-order chi connectivity index (χ0) is 15.6. The van der Waals surface area contributed by atoms with Gasteiger partial charge in [0.1, 0.15) is 5.82 Å². The van der Waals surface area contributed by atoms with Gasteiger partial charge >= 0.3 is 6.18 Å². The summed E-state index contributed by atoms with van der Waals surface area (Å²) in [7, 11) is 1.77. The number of alkyl halides is 3. The van der Waals surface area contributed by atoms with Crippen LogP contribution in [-0.4, -0.2) is 23.1 Å². The summed E-state index contributed by atoms with van der Waals surface area (Å²) in [6.07, 6.45) is 0.804. The highest BCUT2D eigenvalue weighted by atomic mass is 35.5. The van der Waals surface area contributed by atoms with E-state index in [0.29, 0.717) is 0 Å². The third-order valence-electron chi connectivity index (χ3n) is 4.28. The van der Waals surface area contributed by atoms with Gasteiger partial charge in [-0.3, -0.25) is 0 Å². The summed E-state index contributed by atoms with van der Waals surface area (Å²) < 4.78 is 38.3. The first-order valence-corrected chi connectivity index (χ1v) is 7.53. The van der Waals surface area contributed by atoms with Crippen LogP contribution in [0.4, 0.5) is 19.0 Å². The molecular weight excluding hydrogens is 303 g/mol. The van der Waals surface area contributed by atoms with E-state index in [2.05, 4.69) is 16.9 Å². The predicted octanol–water partition coefficient (Wildman–Crippen LogP) is 4.55. The Hall–Kier alpha value is -1.04. The molecule has 0 unspecified atom stereocenters. The minimum absolute atomic E-state index is 0.208. The van der Waals surface area contributed by atoms with Crippen molar-refractivity contribution in [2.45, 2.75) is 51.2 Å². The number of hydrogen-bond donors (Lipinski definition) is 0. The second-order valence-corrected chi connectivity index (χ2v) is 5.91. The van der Waals surface area contributed by atoms with Crippen molar-refractivity contribution >= 4 is 17.4 Å².